The van der Waals surface area contributed by atoms with Crippen molar-refractivity contribution in [3.8, 4) is 22.1 Å². The van der Waals surface area contributed by atoms with Crippen LogP contribution in [-0.2, 0) is 6.61 Å². The number of aryl methyl sites for hydroxylation is 2. The number of aromatic nitrogens is 5. The third-order valence-corrected chi connectivity index (χ3v) is 5.70. The molecule has 4 rings (SSSR count). The molecule has 0 aliphatic carbocycles. The van der Waals surface area contributed by atoms with E-state index >= 15 is 0 Å². The highest BCUT2D eigenvalue weighted by molar-refractivity contribution is 7.17. The van der Waals surface area contributed by atoms with Gasteiger partial charge in [0.25, 0.3) is 11.1 Å². The van der Waals surface area contributed by atoms with E-state index in [2.05, 4.69) is 30.5 Å². The maximum absolute atomic E-state index is 13.3. The summed E-state index contributed by atoms with van der Waals surface area (Å²) in [6.45, 7) is 3.63. The average Bonchev–Trinajstić information content (AvgIpc) is 3.30. The van der Waals surface area contributed by atoms with E-state index in [4.69, 9.17) is 14.6 Å². The van der Waals surface area contributed by atoms with Gasteiger partial charge in [0.15, 0.2) is 0 Å². The maximum Gasteiger partial charge on any atom is 0.337 e. The number of nitrogens with one attached hydrogen (secondary N) is 1. The van der Waals surface area contributed by atoms with Gasteiger partial charge in [-0.2, -0.15) is 0 Å². The number of carbonyl (C=O) groups excluding carboxylic acids is 1. The van der Waals surface area contributed by atoms with E-state index < -0.39 is 11.9 Å². The molecule has 1 amide bonds. The van der Waals surface area contributed by atoms with Crippen molar-refractivity contribution in [1.82, 2.24) is 25.1 Å². The Morgan fingerprint density at radius 2 is 1.86 bits per heavy atom. The Hall–Kier alpha value is -4.45. The lowest BCUT2D eigenvalue weighted by Crippen LogP contribution is -2.17. The number of carboxylic acid groups (broad SMARTS) is 1. The molecule has 0 saturated carbocycles. The summed E-state index contributed by atoms with van der Waals surface area (Å²) >= 11 is 1.04. The van der Waals surface area contributed by atoms with Crippen LogP contribution in [0.3, 0.4) is 0 Å². The van der Waals surface area contributed by atoms with Gasteiger partial charge in [-0.1, -0.05) is 5.10 Å². The minimum Gasteiger partial charge on any atom is -0.494 e. The van der Waals surface area contributed by atoms with E-state index in [-0.39, 0.29) is 22.5 Å². The van der Waals surface area contributed by atoms with Gasteiger partial charge in [0.05, 0.1) is 35.3 Å². The summed E-state index contributed by atoms with van der Waals surface area (Å²) in [6, 6.07) is 6.57. The fourth-order valence-corrected chi connectivity index (χ4v) is 4.00. The zero-order chi connectivity index (χ0) is 24.9. The standard InChI is InChI=1S/C23H20N6O5S/c1-12-17(18(14-6-8-24-9-7-14)19(33-3)13(2)26-12)20(30)27-22-28-29-23(35-22)34-11-16-5-4-15(10-25-16)21(31)32/h4-10H,11H2,1-3H3,(H,31,32)(H,27,28,30). The smallest absolute Gasteiger partial charge is 0.337 e. The number of amides is 1. The van der Waals surface area contributed by atoms with E-state index in [1.54, 1.807) is 37.5 Å². The molecule has 0 atom stereocenters. The topological polar surface area (TPSA) is 149 Å². The number of ether oxygens (including phenoxy) is 2. The molecule has 0 fully saturated rings. The number of hydrogen-bond donors (Lipinski definition) is 2. The van der Waals surface area contributed by atoms with Crippen molar-refractivity contribution in [2.75, 3.05) is 12.4 Å². The van der Waals surface area contributed by atoms with Gasteiger partial charge in [-0.05, 0) is 55.0 Å². The Labute approximate surface area is 203 Å². The first kappa shape index (κ1) is 23.7. The Morgan fingerprint density at radius 1 is 1.09 bits per heavy atom. The summed E-state index contributed by atoms with van der Waals surface area (Å²) in [6.07, 6.45) is 4.53. The molecule has 4 heterocycles. The first-order valence-corrected chi connectivity index (χ1v) is 11.1. The minimum atomic E-state index is -1.06. The number of hydrogen-bond acceptors (Lipinski definition) is 10. The van der Waals surface area contributed by atoms with Crippen LogP contribution in [0.4, 0.5) is 5.13 Å². The van der Waals surface area contributed by atoms with Crippen molar-refractivity contribution in [1.29, 1.82) is 0 Å². The highest BCUT2D eigenvalue weighted by atomic mass is 32.1. The van der Waals surface area contributed by atoms with Gasteiger partial charge < -0.3 is 14.6 Å². The van der Waals surface area contributed by atoms with Gasteiger partial charge >= 0.3 is 5.97 Å². The third-order valence-electron chi connectivity index (χ3n) is 4.95. The number of anilines is 1. The van der Waals surface area contributed by atoms with E-state index in [0.29, 0.717) is 34.0 Å². The van der Waals surface area contributed by atoms with Crippen LogP contribution in [0.25, 0.3) is 11.1 Å². The number of nitrogens with zero attached hydrogens (tertiary/aromatic N) is 5. The Balaban J connectivity index is 1.53. The second-order valence-corrected chi connectivity index (χ2v) is 8.20. The SMILES string of the molecule is COc1c(C)nc(C)c(C(=O)Nc2nnc(OCc3ccc(C(=O)O)cn3)s2)c1-c1ccncc1. The van der Waals surface area contributed by atoms with Gasteiger partial charge in [0.1, 0.15) is 12.4 Å². The molecule has 4 aromatic heterocycles. The van der Waals surface area contributed by atoms with E-state index in [9.17, 15) is 9.59 Å². The van der Waals surface area contributed by atoms with Crippen LogP contribution < -0.4 is 14.8 Å². The summed E-state index contributed by atoms with van der Waals surface area (Å²) in [5.74, 6) is -0.985. The van der Waals surface area contributed by atoms with Crippen molar-refractivity contribution < 1.29 is 24.2 Å². The summed E-state index contributed by atoms with van der Waals surface area (Å²) < 4.78 is 11.2. The normalized spacial score (nSPS) is 10.6. The van der Waals surface area contributed by atoms with Crippen LogP contribution >= 0.6 is 11.3 Å². The number of pyridine rings is 3. The quantitative estimate of drug-likeness (QED) is 0.374. The molecule has 11 nitrogen and oxygen atoms in total. The first-order chi connectivity index (χ1) is 16.9. The summed E-state index contributed by atoms with van der Waals surface area (Å²) in [5, 5.41) is 20.1. The predicted molar refractivity (Wildman–Crippen MR) is 127 cm³/mol. The summed E-state index contributed by atoms with van der Waals surface area (Å²) in [4.78, 5) is 36.8. The molecule has 0 aromatic carbocycles. The second-order valence-electron chi connectivity index (χ2n) is 7.26. The molecule has 0 bridgehead atoms. The molecule has 4 aromatic rings. The number of aromatic carboxylic acids is 1. The van der Waals surface area contributed by atoms with Crippen molar-refractivity contribution in [2.45, 2.75) is 20.5 Å². The zero-order valence-corrected chi connectivity index (χ0v) is 19.8. The van der Waals surface area contributed by atoms with Crippen LogP contribution in [0.1, 0.15) is 37.8 Å². The summed E-state index contributed by atoms with van der Waals surface area (Å²) in [7, 11) is 1.53. The van der Waals surface area contributed by atoms with E-state index in [0.717, 1.165) is 16.9 Å². The number of rotatable bonds is 8. The number of carboxylic acids is 1. The molecular formula is C23H20N6O5S. The predicted octanol–water partition coefficient (Wildman–Crippen LogP) is 3.55. The average molecular weight is 493 g/mol. The van der Waals surface area contributed by atoms with Crippen LogP contribution in [0, 0.1) is 13.8 Å². The Kier molecular flexibility index (Phi) is 6.92. The molecule has 0 radical (unpaired) electrons. The second kappa shape index (κ2) is 10.2. The van der Waals surface area contributed by atoms with Gasteiger partial charge in [0, 0.05) is 24.2 Å². The monoisotopic (exact) mass is 492 g/mol. The van der Waals surface area contributed by atoms with Crippen LogP contribution in [0.5, 0.6) is 10.9 Å². The fourth-order valence-electron chi connectivity index (χ4n) is 3.41. The molecule has 178 valence electrons. The van der Waals surface area contributed by atoms with Crippen LogP contribution in [0.15, 0.2) is 42.9 Å². The molecule has 0 saturated heterocycles. The molecular weight excluding hydrogens is 472 g/mol. The number of methoxy groups -OCH3 is 1. The van der Waals surface area contributed by atoms with E-state index in [1.807, 2.05) is 6.92 Å². The van der Waals surface area contributed by atoms with Gasteiger partial charge in [-0.25, -0.2) is 4.79 Å². The lowest BCUT2D eigenvalue weighted by molar-refractivity contribution is 0.0696. The van der Waals surface area contributed by atoms with Crippen LogP contribution in [0.2, 0.25) is 0 Å². The molecule has 0 spiro atoms. The van der Waals surface area contributed by atoms with Crippen molar-refractivity contribution >= 4 is 28.3 Å². The van der Waals surface area contributed by atoms with Gasteiger partial charge in [-0.3, -0.25) is 25.1 Å². The van der Waals surface area contributed by atoms with Crippen molar-refractivity contribution in [3.63, 3.8) is 0 Å². The van der Waals surface area contributed by atoms with Crippen LogP contribution in [-0.4, -0.2) is 49.2 Å². The lowest BCUT2D eigenvalue weighted by Gasteiger charge is -2.17. The Bertz CT molecular complexity index is 1380. The molecule has 12 heteroatoms. The molecule has 0 unspecified atom stereocenters. The Morgan fingerprint density at radius 3 is 2.51 bits per heavy atom. The first-order valence-electron chi connectivity index (χ1n) is 10.3. The third kappa shape index (κ3) is 5.22. The molecule has 2 N–H and O–H groups in total. The van der Waals surface area contributed by atoms with Gasteiger partial charge in [0.2, 0.25) is 5.13 Å². The highest BCUT2D eigenvalue weighted by Gasteiger charge is 2.24. The maximum atomic E-state index is 13.3. The highest BCUT2D eigenvalue weighted by Crippen LogP contribution is 2.37. The van der Waals surface area contributed by atoms with E-state index in [1.165, 1.54) is 19.4 Å². The lowest BCUT2D eigenvalue weighted by atomic mass is 9.97. The van der Waals surface area contributed by atoms with Crippen molar-refractivity contribution in [3.05, 3.63) is 71.1 Å². The largest absolute Gasteiger partial charge is 0.494 e. The zero-order valence-electron chi connectivity index (χ0n) is 19.0. The van der Waals surface area contributed by atoms with Gasteiger partial charge in [-0.15, -0.1) is 5.10 Å². The summed E-state index contributed by atoms with van der Waals surface area (Å²) in [5.41, 5.74) is 3.51. The number of carbonyl (C=O) groups is 2. The van der Waals surface area contributed by atoms with Crippen molar-refractivity contribution in [2.24, 2.45) is 0 Å². The molecule has 0 aliphatic rings. The minimum absolute atomic E-state index is 0.0624. The molecule has 0 aliphatic heterocycles. The fraction of sp³-hybridized carbons (Fsp3) is 0.174. The molecule has 35 heavy (non-hydrogen) atoms.